The number of para-hydroxylation sites is 3. The number of rotatable bonds is 8. The Morgan fingerprint density at radius 2 is 1.35 bits per heavy atom. The first kappa shape index (κ1) is 46.4. The van der Waals surface area contributed by atoms with Crippen molar-refractivity contribution in [2.24, 2.45) is 5.92 Å². The molecular weight excluding hydrogens is 999 g/mol. The van der Waals surface area contributed by atoms with Crippen molar-refractivity contribution >= 4 is 46.2 Å². The molecule has 0 saturated heterocycles. The SMILES string of the molecule is CC(C)(C)c1cc(-c2ccccc2)c(-n2c(-c3[c-]ccc4c3oc3ccccc34)nc3ccccc32)c(-c2ccccc2)c1.Cc1c[c-]c(-c2cc(CC(C)C)c([Si](C)(C)C)cn2)cc1.[Ir]. The van der Waals surface area contributed by atoms with Gasteiger partial charge in [-0.2, -0.15) is 0 Å². The monoisotopic (exact) mass is 1060 g/mol. The van der Waals surface area contributed by atoms with Crippen LogP contribution >= 0.6 is 0 Å². The van der Waals surface area contributed by atoms with E-state index in [1.807, 2.05) is 30.3 Å². The van der Waals surface area contributed by atoms with Crippen LogP contribution in [0.1, 0.15) is 51.3 Å². The number of aryl methyl sites for hydroxylation is 1. The van der Waals surface area contributed by atoms with Crippen molar-refractivity contribution < 1.29 is 24.5 Å². The van der Waals surface area contributed by atoms with Gasteiger partial charge in [0.25, 0.3) is 0 Å². The Labute approximate surface area is 405 Å². The fraction of sp³-hybridized carbons (Fsp3) is 0.200. The molecule has 10 rings (SSSR count). The van der Waals surface area contributed by atoms with E-state index in [9.17, 15) is 0 Å². The molecule has 0 aliphatic rings. The zero-order valence-electron chi connectivity index (χ0n) is 39.5. The first-order valence-electron chi connectivity index (χ1n) is 22.8. The molecule has 0 amide bonds. The molecule has 0 spiro atoms. The number of furan rings is 1. The summed E-state index contributed by atoms with van der Waals surface area (Å²) in [5.41, 5.74) is 16.2. The van der Waals surface area contributed by atoms with E-state index < -0.39 is 8.07 Å². The molecule has 4 nitrogen and oxygen atoms in total. The molecule has 6 heteroatoms. The van der Waals surface area contributed by atoms with Crippen LogP contribution in [0.4, 0.5) is 0 Å². The first-order chi connectivity index (χ1) is 31.2. The van der Waals surface area contributed by atoms with Crippen LogP contribution in [0.25, 0.3) is 83.6 Å². The number of hydrogen-bond acceptors (Lipinski definition) is 3. The van der Waals surface area contributed by atoms with Gasteiger partial charge in [-0.05, 0) is 75.7 Å². The van der Waals surface area contributed by atoms with Crippen LogP contribution in [0.5, 0.6) is 0 Å². The van der Waals surface area contributed by atoms with Gasteiger partial charge in [-0.15, -0.1) is 53.6 Å². The second-order valence-electron chi connectivity index (χ2n) is 19.7. The van der Waals surface area contributed by atoms with E-state index in [1.54, 1.807) is 0 Å². The number of hydrogen-bond donors (Lipinski definition) is 0. The normalized spacial score (nSPS) is 11.8. The predicted octanol–water partition coefficient (Wildman–Crippen LogP) is 15.6. The van der Waals surface area contributed by atoms with Gasteiger partial charge in [0, 0.05) is 42.8 Å². The van der Waals surface area contributed by atoms with Crippen molar-refractivity contribution in [3.05, 3.63) is 193 Å². The minimum atomic E-state index is -1.35. The van der Waals surface area contributed by atoms with E-state index in [4.69, 9.17) is 14.4 Å². The quantitative estimate of drug-likeness (QED) is 0.113. The smallest absolute Gasteiger partial charge is 0.120 e. The van der Waals surface area contributed by atoms with Gasteiger partial charge in [-0.1, -0.05) is 175 Å². The summed E-state index contributed by atoms with van der Waals surface area (Å²) in [5, 5.41) is 3.64. The molecule has 3 heterocycles. The molecule has 0 bridgehead atoms. The maximum Gasteiger partial charge on any atom is 0.120 e. The fourth-order valence-corrected chi connectivity index (χ4v) is 10.4. The molecule has 7 aromatic carbocycles. The first-order valence-corrected chi connectivity index (χ1v) is 26.3. The van der Waals surface area contributed by atoms with Crippen LogP contribution in [0.15, 0.2) is 168 Å². The third kappa shape index (κ3) is 9.42. The van der Waals surface area contributed by atoms with E-state index in [0.29, 0.717) is 5.92 Å². The van der Waals surface area contributed by atoms with E-state index >= 15 is 0 Å². The number of pyridine rings is 1. The van der Waals surface area contributed by atoms with Crippen LogP contribution in [0, 0.1) is 25.0 Å². The molecule has 0 unspecified atom stereocenters. The Kier molecular flexibility index (Phi) is 13.3. The standard InChI is InChI=1S/C41H31N2O.C19H26NSi.Ir/c1-41(2,3)29-25-33(27-15-6-4-7-16-27)38(34(26-29)28-17-8-5-9-18-28)43-36-23-12-11-22-35(36)42-40(43)32-21-14-20-31-30-19-10-13-24-37(30)44-39(31)32;1-14(2)11-17-12-18(16-9-7-15(3)8-10-16)20-13-19(17)21(4,5)6;/h4-20,22-26H,1-3H3;7-9,12-14H,11H2,1-6H3;/q2*-1;. The fourth-order valence-electron chi connectivity index (χ4n) is 8.85. The molecule has 66 heavy (non-hydrogen) atoms. The van der Waals surface area contributed by atoms with Gasteiger partial charge in [0.1, 0.15) is 5.58 Å². The van der Waals surface area contributed by atoms with Crippen molar-refractivity contribution in [3.8, 4) is 50.6 Å². The molecule has 0 saturated carbocycles. The maximum atomic E-state index is 6.53. The van der Waals surface area contributed by atoms with Crippen LogP contribution < -0.4 is 5.19 Å². The van der Waals surface area contributed by atoms with Crippen molar-refractivity contribution in [2.75, 3.05) is 0 Å². The maximum absolute atomic E-state index is 6.53. The van der Waals surface area contributed by atoms with Crippen molar-refractivity contribution in [1.82, 2.24) is 14.5 Å². The van der Waals surface area contributed by atoms with Gasteiger partial charge >= 0.3 is 0 Å². The molecule has 3 aromatic heterocycles. The van der Waals surface area contributed by atoms with E-state index in [2.05, 4.69) is 211 Å². The summed E-state index contributed by atoms with van der Waals surface area (Å²) >= 11 is 0. The molecule has 10 aromatic rings. The van der Waals surface area contributed by atoms with E-state index in [0.717, 1.165) is 90.0 Å². The average molecular weight is 1060 g/mol. The molecule has 0 N–H and O–H groups in total. The Bertz CT molecular complexity index is 3220. The topological polar surface area (TPSA) is 43.9 Å². The average Bonchev–Trinajstić information content (AvgIpc) is 3.88. The summed E-state index contributed by atoms with van der Waals surface area (Å²) in [6, 6.07) is 62.2. The summed E-state index contributed by atoms with van der Waals surface area (Å²) in [7, 11) is -1.35. The summed E-state index contributed by atoms with van der Waals surface area (Å²) in [5.74, 6) is 1.46. The van der Waals surface area contributed by atoms with Gasteiger partial charge in [-0.25, -0.2) is 0 Å². The molecule has 0 aliphatic heterocycles. The minimum Gasteiger partial charge on any atom is -0.501 e. The Morgan fingerprint density at radius 3 is 1.97 bits per heavy atom. The summed E-state index contributed by atoms with van der Waals surface area (Å²) in [4.78, 5) is 10.0. The predicted molar refractivity (Wildman–Crippen MR) is 277 cm³/mol. The van der Waals surface area contributed by atoms with Crippen molar-refractivity contribution in [3.63, 3.8) is 0 Å². The Morgan fingerprint density at radius 1 is 0.712 bits per heavy atom. The molecule has 0 fully saturated rings. The molecule has 0 atom stereocenters. The number of benzene rings is 7. The second-order valence-corrected chi connectivity index (χ2v) is 24.7. The zero-order valence-corrected chi connectivity index (χ0v) is 42.9. The Balaban J connectivity index is 0.000000228. The van der Waals surface area contributed by atoms with Gasteiger partial charge in [0.2, 0.25) is 0 Å². The summed E-state index contributed by atoms with van der Waals surface area (Å²) < 4.78 is 8.86. The van der Waals surface area contributed by atoms with Crippen molar-refractivity contribution in [1.29, 1.82) is 0 Å². The van der Waals surface area contributed by atoms with Gasteiger partial charge in [0.15, 0.2) is 0 Å². The molecule has 1 radical (unpaired) electrons. The van der Waals surface area contributed by atoms with E-state index in [-0.39, 0.29) is 25.5 Å². The third-order valence-electron chi connectivity index (χ3n) is 12.2. The van der Waals surface area contributed by atoms with Gasteiger partial charge in [-0.3, -0.25) is 4.98 Å². The second kappa shape index (κ2) is 19.0. The molecule has 333 valence electrons. The summed E-state index contributed by atoms with van der Waals surface area (Å²) in [6.07, 6.45) is 3.24. The van der Waals surface area contributed by atoms with Crippen LogP contribution in [-0.2, 0) is 31.9 Å². The minimum absolute atomic E-state index is 0. The van der Waals surface area contributed by atoms with Crippen LogP contribution in [-0.4, -0.2) is 22.6 Å². The number of fused-ring (bicyclic) bond motifs is 4. The Hall–Kier alpha value is -6.17. The number of aromatic nitrogens is 3. The summed E-state index contributed by atoms with van der Waals surface area (Å²) in [6.45, 7) is 20.7. The number of imidazole rings is 1. The zero-order chi connectivity index (χ0) is 45.5. The van der Waals surface area contributed by atoms with Gasteiger partial charge in [0.05, 0.1) is 36.2 Å². The largest absolute Gasteiger partial charge is 0.501 e. The number of nitrogens with zero attached hydrogens (tertiary/aromatic N) is 3. The molecule has 0 aliphatic carbocycles. The van der Waals surface area contributed by atoms with Crippen molar-refractivity contribution in [2.45, 2.75) is 73.0 Å². The van der Waals surface area contributed by atoms with Crippen LogP contribution in [0.3, 0.4) is 0 Å². The third-order valence-corrected chi connectivity index (χ3v) is 14.2. The van der Waals surface area contributed by atoms with Crippen LogP contribution in [0.2, 0.25) is 19.6 Å². The van der Waals surface area contributed by atoms with E-state index in [1.165, 1.54) is 21.9 Å². The van der Waals surface area contributed by atoms with Gasteiger partial charge < -0.3 is 14.0 Å². The molecular formula is C60H57IrN3OSi-2.